The highest BCUT2D eigenvalue weighted by atomic mass is 32.2. The minimum atomic E-state index is -3.99. The van der Waals surface area contributed by atoms with Gasteiger partial charge in [0.1, 0.15) is 6.54 Å². The zero-order valence-corrected chi connectivity index (χ0v) is 21.8. The summed E-state index contributed by atoms with van der Waals surface area (Å²) < 4.78 is 29.6. The van der Waals surface area contributed by atoms with Crippen LogP contribution < -0.4 is 4.90 Å². The molecule has 0 bridgehead atoms. The predicted octanol–water partition coefficient (Wildman–Crippen LogP) is 5.94. The number of anilines is 1. The van der Waals surface area contributed by atoms with Crippen molar-refractivity contribution in [2.75, 3.05) is 24.5 Å². The van der Waals surface area contributed by atoms with Gasteiger partial charge in [-0.2, -0.15) is 4.58 Å². The fourth-order valence-corrected chi connectivity index (χ4v) is 6.73. The van der Waals surface area contributed by atoms with Gasteiger partial charge in [-0.15, -0.1) is 0 Å². The van der Waals surface area contributed by atoms with E-state index in [0.29, 0.717) is 11.9 Å². The Kier molecular flexibility index (Phi) is 6.29. The number of hydrogen-bond acceptors (Lipinski definition) is 5. The van der Waals surface area contributed by atoms with Crippen LogP contribution in [-0.2, 0) is 9.84 Å². The van der Waals surface area contributed by atoms with E-state index in [-0.39, 0.29) is 15.5 Å². The fourth-order valence-electron chi connectivity index (χ4n) is 5.23. The molecule has 7 nitrogen and oxygen atoms in total. The standard InChI is InChI=1S/C29H28N3O4S/c1-4-30(5-2)21-15-13-20(14-16-21)29-25-12-8-11-24-27(18-17-26(28(24)25)31(29)6-3)37(35,36)23-10-7-9-22(19-23)32(33)34/h7-19H,4-6H2,1-3H3/q+1. The van der Waals surface area contributed by atoms with Crippen LogP contribution in [-0.4, -0.2) is 43.3 Å². The number of non-ortho nitro benzene ring substituents is 1. The molecule has 0 aliphatic carbocycles. The lowest BCUT2D eigenvalue weighted by molar-refractivity contribution is -0.431. The first-order valence-corrected chi connectivity index (χ1v) is 13.9. The van der Waals surface area contributed by atoms with Crippen molar-refractivity contribution in [2.24, 2.45) is 0 Å². The van der Waals surface area contributed by atoms with Gasteiger partial charge >= 0.3 is 0 Å². The third-order valence-electron chi connectivity index (χ3n) is 7.01. The molecule has 0 saturated heterocycles. The number of hydrogen-bond donors (Lipinski definition) is 0. The van der Waals surface area contributed by atoms with Crippen LogP contribution in [0.25, 0.3) is 10.8 Å². The molecule has 4 aromatic rings. The van der Waals surface area contributed by atoms with E-state index in [9.17, 15) is 18.5 Å². The van der Waals surface area contributed by atoms with E-state index in [4.69, 9.17) is 0 Å². The molecule has 1 aliphatic rings. The molecule has 0 amide bonds. The number of nitro groups is 1. The summed E-state index contributed by atoms with van der Waals surface area (Å²) in [6.45, 7) is 8.93. The van der Waals surface area contributed by atoms with Gasteiger partial charge in [0, 0.05) is 47.9 Å². The molecule has 0 N–H and O–H groups in total. The molecule has 1 aliphatic heterocycles. The number of benzene rings is 4. The lowest BCUT2D eigenvalue weighted by Gasteiger charge is -2.21. The van der Waals surface area contributed by atoms with Crippen LogP contribution in [0.15, 0.2) is 88.7 Å². The van der Waals surface area contributed by atoms with Crippen molar-refractivity contribution in [3.63, 3.8) is 0 Å². The predicted molar refractivity (Wildman–Crippen MR) is 146 cm³/mol. The summed E-state index contributed by atoms with van der Waals surface area (Å²) in [5, 5.41) is 12.7. The van der Waals surface area contributed by atoms with Crippen molar-refractivity contribution in [3.05, 3.63) is 100 Å². The maximum Gasteiger partial charge on any atom is 0.270 e. The summed E-state index contributed by atoms with van der Waals surface area (Å²) in [6.07, 6.45) is 0. The molecule has 4 aromatic carbocycles. The molecule has 0 atom stereocenters. The smallest absolute Gasteiger partial charge is 0.270 e. The second kappa shape index (κ2) is 9.44. The highest BCUT2D eigenvalue weighted by Crippen LogP contribution is 2.41. The Morgan fingerprint density at radius 2 is 1.59 bits per heavy atom. The average molecular weight is 515 g/mol. The first kappa shape index (κ1) is 24.6. The van der Waals surface area contributed by atoms with Crippen LogP contribution in [0.2, 0.25) is 0 Å². The zero-order chi connectivity index (χ0) is 26.3. The molecular formula is C29H28N3O4S+. The van der Waals surface area contributed by atoms with Gasteiger partial charge in [0.2, 0.25) is 21.2 Å². The van der Waals surface area contributed by atoms with Crippen molar-refractivity contribution >= 4 is 43.4 Å². The summed E-state index contributed by atoms with van der Waals surface area (Å²) in [5.41, 5.74) is 4.93. The second-order valence-electron chi connectivity index (χ2n) is 8.88. The van der Waals surface area contributed by atoms with Gasteiger partial charge in [0.25, 0.3) is 5.69 Å². The first-order chi connectivity index (χ1) is 17.8. The van der Waals surface area contributed by atoms with Gasteiger partial charge in [-0.3, -0.25) is 10.1 Å². The Balaban J connectivity index is 1.67. The molecule has 0 spiro atoms. The van der Waals surface area contributed by atoms with E-state index in [2.05, 4.69) is 54.5 Å². The van der Waals surface area contributed by atoms with Crippen molar-refractivity contribution < 1.29 is 17.9 Å². The normalized spacial score (nSPS) is 12.8. The van der Waals surface area contributed by atoms with Gasteiger partial charge < -0.3 is 4.90 Å². The lowest BCUT2D eigenvalue weighted by Crippen LogP contribution is -2.22. The van der Waals surface area contributed by atoms with Crippen LogP contribution in [0, 0.1) is 10.1 Å². The molecule has 0 aromatic heterocycles. The topological polar surface area (TPSA) is 83.5 Å². The maximum atomic E-state index is 13.7. The first-order valence-electron chi connectivity index (χ1n) is 12.4. The third-order valence-corrected chi connectivity index (χ3v) is 8.82. The molecule has 0 saturated carbocycles. The van der Waals surface area contributed by atoms with Crippen molar-refractivity contribution in [1.29, 1.82) is 0 Å². The fraction of sp³-hybridized carbons (Fsp3) is 0.207. The minimum Gasteiger partial charge on any atom is -0.372 e. The molecular weight excluding hydrogens is 486 g/mol. The van der Waals surface area contributed by atoms with E-state index in [1.54, 1.807) is 6.07 Å². The van der Waals surface area contributed by atoms with E-state index < -0.39 is 14.8 Å². The Hall–Kier alpha value is -4.04. The second-order valence-corrected chi connectivity index (χ2v) is 10.8. The molecule has 1 heterocycles. The Morgan fingerprint density at radius 3 is 2.24 bits per heavy atom. The number of rotatable bonds is 8. The van der Waals surface area contributed by atoms with Gasteiger partial charge in [-0.05, 0) is 63.2 Å². The van der Waals surface area contributed by atoms with Gasteiger partial charge in [-0.25, -0.2) is 8.42 Å². The maximum absolute atomic E-state index is 13.7. The average Bonchev–Trinajstić information content (AvgIpc) is 3.25. The molecule has 188 valence electrons. The van der Waals surface area contributed by atoms with Gasteiger partial charge in [-0.1, -0.05) is 18.2 Å². The van der Waals surface area contributed by atoms with E-state index in [1.807, 2.05) is 24.3 Å². The Morgan fingerprint density at radius 1 is 0.892 bits per heavy atom. The monoisotopic (exact) mass is 514 g/mol. The van der Waals surface area contributed by atoms with Crippen molar-refractivity contribution in [1.82, 2.24) is 0 Å². The van der Waals surface area contributed by atoms with Crippen LogP contribution in [0.1, 0.15) is 31.9 Å². The minimum absolute atomic E-state index is 0.0936. The van der Waals surface area contributed by atoms with Gasteiger partial charge in [0.05, 0.1) is 25.7 Å². The summed E-state index contributed by atoms with van der Waals surface area (Å²) >= 11 is 0. The van der Waals surface area contributed by atoms with E-state index >= 15 is 0 Å². The number of nitrogens with zero attached hydrogens (tertiary/aromatic N) is 3. The van der Waals surface area contributed by atoms with Crippen LogP contribution in [0.4, 0.5) is 17.1 Å². The van der Waals surface area contributed by atoms with E-state index in [1.165, 1.54) is 18.2 Å². The molecule has 8 heteroatoms. The Labute approximate surface area is 216 Å². The highest BCUT2D eigenvalue weighted by Gasteiger charge is 2.35. The lowest BCUT2D eigenvalue weighted by atomic mass is 9.98. The van der Waals surface area contributed by atoms with Gasteiger partial charge in [0.15, 0.2) is 0 Å². The summed E-state index contributed by atoms with van der Waals surface area (Å²) in [4.78, 5) is 13.0. The summed E-state index contributed by atoms with van der Waals surface area (Å²) in [6, 6.07) is 22.9. The summed E-state index contributed by atoms with van der Waals surface area (Å²) in [5.74, 6) is 0. The molecule has 5 rings (SSSR count). The SMILES string of the molecule is CCN(CC)c1ccc(C2=[N+](CC)c3ccc(S(=O)(=O)c4cccc([N+](=O)[O-])c4)c4cccc2c34)cc1. The van der Waals surface area contributed by atoms with Crippen molar-refractivity contribution in [2.45, 2.75) is 30.6 Å². The van der Waals surface area contributed by atoms with E-state index in [0.717, 1.165) is 52.8 Å². The third kappa shape index (κ3) is 3.97. The zero-order valence-electron chi connectivity index (χ0n) is 21.0. The Bertz CT molecular complexity index is 1670. The largest absolute Gasteiger partial charge is 0.372 e. The molecule has 0 unspecified atom stereocenters. The van der Waals surface area contributed by atoms with Crippen LogP contribution in [0.3, 0.4) is 0 Å². The number of nitro benzene ring substituents is 1. The molecule has 37 heavy (non-hydrogen) atoms. The quantitative estimate of drug-likeness (QED) is 0.165. The number of sulfone groups is 1. The van der Waals surface area contributed by atoms with Crippen LogP contribution >= 0.6 is 0 Å². The van der Waals surface area contributed by atoms with Crippen molar-refractivity contribution in [3.8, 4) is 0 Å². The molecule has 0 radical (unpaired) electrons. The summed E-state index contributed by atoms with van der Waals surface area (Å²) in [7, 11) is -3.99. The molecule has 0 fully saturated rings. The van der Waals surface area contributed by atoms with Crippen LogP contribution in [0.5, 0.6) is 0 Å². The highest BCUT2D eigenvalue weighted by molar-refractivity contribution is 7.91.